The monoisotopic (exact) mass is 512 g/mol. The molecule has 0 amide bonds. The number of ether oxygens (including phenoxy) is 4. The normalized spacial score (nSPS) is 26.9. The van der Waals surface area contributed by atoms with Crippen LogP contribution in [0.15, 0.2) is 18.2 Å². The molecule has 1 saturated heterocycles. The Morgan fingerprint density at radius 2 is 1.42 bits per heavy atom. The molecule has 0 bridgehead atoms. The molecule has 0 aromatic heterocycles. The SMILES string of the molecule is O=C(O)[C@H]1O[C@@H](Oc2c(Cl)cc3c(c2Cl)Oc2cc(Cl)c(Cl)cc2O3)[C@H](O)[C@@H](O)[C@@H]1O. The second kappa shape index (κ2) is 8.34. The number of aliphatic hydroxyl groups is 3. The maximum Gasteiger partial charge on any atom is 0.335 e. The topological polar surface area (TPSA) is 135 Å². The summed E-state index contributed by atoms with van der Waals surface area (Å²) in [7, 11) is 0. The molecule has 0 unspecified atom stereocenters. The van der Waals surface area contributed by atoms with Gasteiger partial charge in [-0.2, -0.15) is 0 Å². The van der Waals surface area contributed by atoms with Crippen LogP contribution in [0.5, 0.6) is 28.7 Å². The first-order valence-corrected chi connectivity index (χ1v) is 10.1. The molecule has 0 aliphatic carbocycles. The zero-order valence-corrected chi connectivity index (χ0v) is 18.0. The van der Waals surface area contributed by atoms with Crippen molar-refractivity contribution in [3.63, 3.8) is 0 Å². The van der Waals surface area contributed by atoms with E-state index in [-0.39, 0.29) is 48.8 Å². The Labute approximate surface area is 194 Å². The third-order valence-electron chi connectivity index (χ3n) is 4.56. The number of hydrogen-bond acceptors (Lipinski definition) is 8. The van der Waals surface area contributed by atoms with Crippen molar-refractivity contribution < 1.29 is 44.2 Å². The molecule has 2 aliphatic rings. The largest absolute Gasteiger partial charge is 0.479 e. The highest BCUT2D eigenvalue weighted by molar-refractivity contribution is 6.42. The van der Waals surface area contributed by atoms with Crippen molar-refractivity contribution in [2.45, 2.75) is 30.7 Å². The summed E-state index contributed by atoms with van der Waals surface area (Å²) >= 11 is 24.6. The van der Waals surface area contributed by atoms with E-state index in [2.05, 4.69) is 0 Å². The van der Waals surface area contributed by atoms with Crippen LogP contribution in [0.4, 0.5) is 0 Å². The maximum absolute atomic E-state index is 11.3. The zero-order chi connectivity index (χ0) is 22.6. The summed E-state index contributed by atoms with van der Waals surface area (Å²) in [5, 5.41) is 39.2. The van der Waals surface area contributed by atoms with Crippen LogP contribution in [0.2, 0.25) is 20.1 Å². The van der Waals surface area contributed by atoms with Gasteiger partial charge in [0.05, 0.1) is 15.1 Å². The summed E-state index contributed by atoms with van der Waals surface area (Å²) in [5.74, 6) is -1.24. The highest BCUT2D eigenvalue weighted by Gasteiger charge is 2.48. The van der Waals surface area contributed by atoms with Gasteiger partial charge in [-0.1, -0.05) is 46.4 Å². The van der Waals surface area contributed by atoms with Crippen molar-refractivity contribution in [3.05, 3.63) is 38.3 Å². The number of hydrogen-bond donors (Lipinski definition) is 4. The number of carboxylic acids is 1. The number of carbonyl (C=O) groups is 1. The molecule has 5 atom stereocenters. The van der Waals surface area contributed by atoms with E-state index in [1.54, 1.807) is 0 Å². The van der Waals surface area contributed by atoms with Crippen molar-refractivity contribution in [1.82, 2.24) is 0 Å². The molecule has 13 heteroatoms. The molecule has 2 heterocycles. The molecule has 9 nitrogen and oxygen atoms in total. The molecule has 2 aromatic rings. The number of aliphatic carboxylic acids is 1. The average molecular weight is 514 g/mol. The molecular weight excluding hydrogens is 502 g/mol. The van der Waals surface area contributed by atoms with E-state index in [1.165, 1.54) is 18.2 Å². The van der Waals surface area contributed by atoms with E-state index in [0.29, 0.717) is 0 Å². The molecular formula is C18H12Cl4O9. The number of benzene rings is 2. The summed E-state index contributed by atoms with van der Waals surface area (Å²) in [6.07, 6.45) is -9.15. The number of rotatable bonds is 3. The second-order valence-corrected chi connectivity index (χ2v) is 8.20. The van der Waals surface area contributed by atoms with Gasteiger partial charge in [0, 0.05) is 18.2 Å². The van der Waals surface area contributed by atoms with Crippen LogP contribution < -0.4 is 14.2 Å². The molecule has 2 aromatic carbocycles. The Kier molecular flexibility index (Phi) is 6.06. The molecule has 0 saturated carbocycles. The highest BCUT2D eigenvalue weighted by atomic mass is 35.5. The predicted molar refractivity (Wildman–Crippen MR) is 108 cm³/mol. The Bertz CT molecular complexity index is 1060. The molecule has 4 rings (SSSR count). The Morgan fingerprint density at radius 1 is 0.839 bits per heavy atom. The van der Waals surface area contributed by atoms with Gasteiger partial charge in [-0.3, -0.25) is 0 Å². The lowest BCUT2D eigenvalue weighted by molar-refractivity contribution is -0.271. The smallest absolute Gasteiger partial charge is 0.335 e. The van der Waals surface area contributed by atoms with Crippen LogP contribution in [0.25, 0.3) is 0 Å². The van der Waals surface area contributed by atoms with Crippen LogP contribution in [-0.2, 0) is 9.53 Å². The standard InChI is InChI=1S/C18H12Cl4O9/c19-4-1-7-8(2-5(4)20)29-15-9(28-7)3-6(21)14(10(15)22)30-18-13(25)11(23)12(24)16(31-18)17(26)27/h1-3,11-13,16,18,23-25H,(H,26,27)/t11-,12-,13+,16-,18+/m0/s1. The van der Waals surface area contributed by atoms with Gasteiger partial charge in [-0.25, -0.2) is 4.79 Å². The third-order valence-corrected chi connectivity index (χ3v) is 5.91. The summed E-state index contributed by atoms with van der Waals surface area (Å²) < 4.78 is 22.0. The first kappa shape index (κ1) is 22.5. The fraction of sp³-hybridized carbons (Fsp3) is 0.278. The van der Waals surface area contributed by atoms with E-state index in [9.17, 15) is 20.1 Å². The van der Waals surface area contributed by atoms with Crippen LogP contribution in [0.3, 0.4) is 0 Å². The molecule has 0 spiro atoms. The van der Waals surface area contributed by atoms with E-state index in [1.807, 2.05) is 0 Å². The van der Waals surface area contributed by atoms with Gasteiger partial charge in [0.25, 0.3) is 0 Å². The quantitative estimate of drug-likeness (QED) is 0.415. The van der Waals surface area contributed by atoms with Crippen LogP contribution >= 0.6 is 46.4 Å². The van der Waals surface area contributed by atoms with Gasteiger partial charge in [-0.05, 0) is 0 Å². The molecule has 2 aliphatic heterocycles. The van der Waals surface area contributed by atoms with Crippen molar-refractivity contribution in [2.24, 2.45) is 0 Å². The first-order chi connectivity index (χ1) is 14.6. The first-order valence-electron chi connectivity index (χ1n) is 8.54. The average Bonchev–Trinajstić information content (AvgIpc) is 2.70. The lowest BCUT2D eigenvalue weighted by Gasteiger charge is -2.38. The fourth-order valence-corrected chi connectivity index (χ4v) is 3.88. The van der Waals surface area contributed by atoms with Crippen molar-refractivity contribution in [1.29, 1.82) is 0 Å². The number of aliphatic hydroxyl groups excluding tert-OH is 3. The summed E-state index contributed by atoms with van der Waals surface area (Å²) in [5.41, 5.74) is 0. The van der Waals surface area contributed by atoms with Crippen molar-refractivity contribution in [3.8, 4) is 28.7 Å². The van der Waals surface area contributed by atoms with Crippen LogP contribution in [0.1, 0.15) is 0 Å². The van der Waals surface area contributed by atoms with E-state index in [0.717, 1.165) is 0 Å². The minimum absolute atomic E-state index is 0.00683. The number of fused-ring (bicyclic) bond motifs is 2. The Morgan fingerprint density at radius 3 is 2.03 bits per heavy atom. The zero-order valence-electron chi connectivity index (χ0n) is 15.0. The Hall–Kier alpha value is -1.69. The lowest BCUT2D eigenvalue weighted by atomic mass is 9.99. The minimum Gasteiger partial charge on any atom is -0.479 e. The fourth-order valence-electron chi connectivity index (χ4n) is 3.01. The van der Waals surface area contributed by atoms with Crippen molar-refractivity contribution in [2.75, 3.05) is 0 Å². The molecule has 0 radical (unpaired) electrons. The summed E-state index contributed by atoms with van der Waals surface area (Å²) in [4.78, 5) is 11.3. The third kappa shape index (κ3) is 3.96. The highest BCUT2D eigenvalue weighted by Crippen LogP contribution is 2.55. The van der Waals surface area contributed by atoms with Crippen molar-refractivity contribution >= 4 is 52.4 Å². The summed E-state index contributed by atoms with van der Waals surface area (Å²) in [6, 6.07) is 4.16. The molecule has 1 fully saturated rings. The van der Waals surface area contributed by atoms with Gasteiger partial charge in [-0.15, -0.1) is 0 Å². The molecule has 31 heavy (non-hydrogen) atoms. The Balaban J connectivity index is 1.67. The number of carboxylic acid groups (broad SMARTS) is 1. The van der Waals surface area contributed by atoms with E-state index >= 15 is 0 Å². The molecule has 166 valence electrons. The molecule has 4 N–H and O–H groups in total. The predicted octanol–water partition coefficient (Wildman–Crippen LogP) is 3.47. The van der Waals surface area contributed by atoms with Crippen LogP contribution in [-0.4, -0.2) is 57.1 Å². The van der Waals surface area contributed by atoms with Crippen LogP contribution in [0, 0.1) is 0 Å². The van der Waals surface area contributed by atoms with Gasteiger partial charge in [0.1, 0.15) is 23.3 Å². The van der Waals surface area contributed by atoms with Gasteiger partial charge in [0.2, 0.25) is 6.29 Å². The number of halogens is 4. The lowest BCUT2D eigenvalue weighted by Crippen LogP contribution is -2.61. The summed E-state index contributed by atoms with van der Waals surface area (Å²) in [6.45, 7) is 0. The van der Waals surface area contributed by atoms with E-state index in [4.69, 9.17) is 70.5 Å². The maximum atomic E-state index is 11.3. The van der Waals surface area contributed by atoms with Gasteiger partial charge >= 0.3 is 5.97 Å². The second-order valence-electron chi connectivity index (χ2n) is 6.60. The van der Waals surface area contributed by atoms with Gasteiger partial charge in [0.15, 0.2) is 34.9 Å². The minimum atomic E-state index is -1.88. The van der Waals surface area contributed by atoms with E-state index < -0.39 is 36.7 Å². The van der Waals surface area contributed by atoms with Gasteiger partial charge < -0.3 is 39.4 Å².